The number of nitrogens with zero attached hydrogens (tertiary/aromatic N) is 1. The third kappa shape index (κ3) is 4.84. The van der Waals surface area contributed by atoms with Crippen molar-refractivity contribution in [1.29, 1.82) is 0 Å². The SMILES string of the molecule is COC(=O)c1cc2cc(NC(=O)CN(C)S(=O)(=O)c3cc(F)ccc3OC)ccc2s1. The number of thiophene rings is 1. The van der Waals surface area contributed by atoms with E-state index < -0.39 is 34.3 Å². The van der Waals surface area contributed by atoms with Gasteiger partial charge in [-0.25, -0.2) is 17.6 Å². The molecule has 164 valence electrons. The van der Waals surface area contributed by atoms with Gasteiger partial charge in [0.2, 0.25) is 15.9 Å². The first kappa shape index (κ1) is 22.7. The number of esters is 1. The molecule has 0 radical (unpaired) electrons. The second-order valence-corrected chi connectivity index (χ2v) is 9.56. The number of fused-ring (bicyclic) bond motifs is 1. The molecule has 0 bridgehead atoms. The van der Waals surface area contributed by atoms with Crippen molar-refractivity contribution in [3.63, 3.8) is 0 Å². The molecule has 0 fully saturated rings. The maximum atomic E-state index is 13.6. The van der Waals surface area contributed by atoms with Crippen molar-refractivity contribution in [2.75, 3.05) is 33.1 Å². The first-order valence-electron chi connectivity index (χ1n) is 8.87. The molecular formula is C20H19FN2O6S2. The molecule has 1 N–H and O–H groups in total. The molecule has 0 aliphatic heterocycles. The summed E-state index contributed by atoms with van der Waals surface area (Å²) in [5, 5.41) is 3.35. The Kier molecular flexibility index (Phi) is 6.58. The number of likely N-dealkylation sites (N-methyl/N-ethyl adjacent to an activating group) is 1. The summed E-state index contributed by atoms with van der Waals surface area (Å²) in [5.74, 6) is -1.82. The second-order valence-electron chi connectivity index (χ2n) is 6.46. The molecule has 0 aliphatic rings. The van der Waals surface area contributed by atoms with Crippen LogP contribution in [0.3, 0.4) is 0 Å². The van der Waals surface area contributed by atoms with Gasteiger partial charge in [-0.1, -0.05) is 0 Å². The molecule has 1 heterocycles. The van der Waals surface area contributed by atoms with E-state index in [1.54, 1.807) is 24.3 Å². The summed E-state index contributed by atoms with van der Waals surface area (Å²) in [4.78, 5) is 24.1. The van der Waals surface area contributed by atoms with Crippen LogP contribution in [-0.4, -0.2) is 52.4 Å². The minimum absolute atomic E-state index is 0.0297. The molecule has 3 rings (SSSR count). The summed E-state index contributed by atoms with van der Waals surface area (Å²) in [6.45, 7) is -0.503. The summed E-state index contributed by atoms with van der Waals surface area (Å²) in [5.41, 5.74) is 0.431. The number of nitrogens with one attached hydrogen (secondary N) is 1. The fourth-order valence-corrected chi connectivity index (χ4v) is 5.08. The molecule has 8 nitrogen and oxygen atoms in total. The number of hydrogen-bond acceptors (Lipinski definition) is 7. The molecule has 0 unspecified atom stereocenters. The van der Waals surface area contributed by atoms with Crippen LogP contribution in [-0.2, 0) is 19.6 Å². The van der Waals surface area contributed by atoms with Gasteiger partial charge in [0.15, 0.2) is 0 Å². The third-order valence-electron chi connectivity index (χ3n) is 4.37. The van der Waals surface area contributed by atoms with Gasteiger partial charge in [0.05, 0.1) is 20.8 Å². The number of carbonyl (C=O) groups excluding carboxylic acids is 2. The largest absolute Gasteiger partial charge is 0.495 e. The molecule has 0 aliphatic carbocycles. The summed E-state index contributed by atoms with van der Waals surface area (Å²) in [7, 11) is -0.402. The molecule has 2 aromatic carbocycles. The highest BCUT2D eigenvalue weighted by molar-refractivity contribution is 7.89. The first-order chi connectivity index (χ1) is 14.6. The van der Waals surface area contributed by atoms with Crippen LogP contribution in [0.5, 0.6) is 5.75 Å². The summed E-state index contributed by atoms with van der Waals surface area (Å²) in [6, 6.07) is 9.81. The van der Waals surface area contributed by atoms with Gasteiger partial charge >= 0.3 is 5.97 Å². The van der Waals surface area contributed by atoms with E-state index in [1.807, 2.05) is 0 Å². The Morgan fingerprint density at radius 2 is 1.87 bits per heavy atom. The highest BCUT2D eigenvalue weighted by atomic mass is 32.2. The number of ether oxygens (including phenoxy) is 2. The number of sulfonamides is 1. The molecule has 0 atom stereocenters. The second kappa shape index (κ2) is 9.00. The van der Waals surface area contributed by atoms with Gasteiger partial charge in [-0.2, -0.15) is 4.31 Å². The van der Waals surface area contributed by atoms with Crippen LogP contribution >= 0.6 is 11.3 Å². The zero-order valence-electron chi connectivity index (χ0n) is 16.8. The lowest BCUT2D eigenvalue weighted by Gasteiger charge is -2.18. The molecule has 31 heavy (non-hydrogen) atoms. The first-order valence-corrected chi connectivity index (χ1v) is 11.1. The Morgan fingerprint density at radius 1 is 1.13 bits per heavy atom. The highest BCUT2D eigenvalue weighted by Crippen LogP contribution is 2.29. The topological polar surface area (TPSA) is 102 Å². The molecule has 3 aromatic rings. The predicted molar refractivity (Wildman–Crippen MR) is 115 cm³/mol. The summed E-state index contributed by atoms with van der Waals surface area (Å²) < 4.78 is 50.5. The Labute approximate surface area is 182 Å². The number of anilines is 1. The molecule has 11 heteroatoms. The zero-order valence-corrected chi connectivity index (χ0v) is 18.5. The van der Waals surface area contributed by atoms with Crippen LogP contribution in [0.2, 0.25) is 0 Å². The van der Waals surface area contributed by atoms with Gasteiger partial charge in [-0.3, -0.25) is 4.79 Å². The van der Waals surface area contributed by atoms with Crippen LogP contribution in [0.25, 0.3) is 10.1 Å². The Morgan fingerprint density at radius 3 is 2.55 bits per heavy atom. The zero-order chi connectivity index (χ0) is 22.8. The number of rotatable bonds is 7. The van der Waals surface area contributed by atoms with Crippen LogP contribution in [0.15, 0.2) is 47.4 Å². The van der Waals surface area contributed by atoms with Crippen molar-refractivity contribution in [3.05, 3.63) is 53.2 Å². The lowest BCUT2D eigenvalue weighted by molar-refractivity contribution is -0.116. The number of hydrogen-bond donors (Lipinski definition) is 1. The minimum atomic E-state index is -4.18. The quantitative estimate of drug-likeness (QED) is 0.537. The lowest BCUT2D eigenvalue weighted by Crippen LogP contribution is -2.35. The van der Waals surface area contributed by atoms with E-state index in [0.717, 1.165) is 26.5 Å². The van der Waals surface area contributed by atoms with Crippen LogP contribution in [0.4, 0.5) is 10.1 Å². The van der Waals surface area contributed by atoms with Crippen molar-refractivity contribution in [1.82, 2.24) is 4.31 Å². The monoisotopic (exact) mass is 466 g/mol. The number of carbonyl (C=O) groups is 2. The van der Waals surface area contributed by atoms with E-state index in [1.165, 1.54) is 38.7 Å². The average molecular weight is 467 g/mol. The maximum absolute atomic E-state index is 13.6. The number of amides is 1. The fraction of sp³-hybridized carbons (Fsp3) is 0.200. The molecule has 0 spiro atoms. The van der Waals surface area contributed by atoms with E-state index in [0.29, 0.717) is 10.6 Å². The Bertz CT molecular complexity index is 1260. The van der Waals surface area contributed by atoms with E-state index in [-0.39, 0.29) is 10.6 Å². The molecule has 0 saturated carbocycles. The van der Waals surface area contributed by atoms with Gasteiger partial charge in [-0.05, 0) is 47.9 Å². The third-order valence-corrected chi connectivity index (χ3v) is 7.29. The highest BCUT2D eigenvalue weighted by Gasteiger charge is 2.27. The maximum Gasteiger partial charge on any atom is 0.348 e. The van der Waals surface area contributed by atoms with Gasteiger partial charge in [0, 0.05) is 17.4 Å². The van der Waals surface area contributed by atoms with Crippen LogP contribution in [0.1, 0.15) is 9.67 Å². The van der Waals surface area contributed by atoms with Crippen molar-refractivity contribution >= 4 is 49.0 Å². The van der Waals surface area contributed by atoms with E-state index in [4.69, 9.17) is 9.47 Å². The molecular weight excluding hydrogens is 447 g/mol. The van der Waals surface area contributed by atoms with Crippen molar-refractivity contribution in [3.8, 4) is 5.75 Å². The van der Waals surface area contributed by atoms with Crippen LogP contribution < -0.4 is 10.1 Å². The van der Waals surface area contributed by atoms with E-state index in [9.17, 15) is 22.4 Å². The van der Waals surface area contributed by atoms with Gasteiger partial charge in [0.1, 0.15) is 21.3 Å². The van der Waals surface area contributed by atoms with E-state index in [2.05, 4.69) is 5.32 Å². The number of halogens is 1. The van der Waals surface area contributed by atoms with Crippen molar-refractivity contribution < 1.29 is 31.9 Å². The normalized spacial score (nSPS) is 11.5. The van der Waals surface area contributed by atoms with Gasteiger partial charge < -0.3 is 14.8 Å². The average Bonchev–Trinajstić information content (AvgIpc) is 3.16. The predicted octanol–water partition coefficient (Wildman–Crippen LogP) is 3.09. The van der Waals surface area contributed by atoms with Crippen molar-refractivity contribution in [2.24, 2.45) is 0 Å². The number of benzene rings is 2. The summed E-state index contributed by atoms with van der Waals surface area (Å²) in [6.07, 6.45) is 0. The molecule has 1 amide bonds. The smallest absolute Gasteiger partial charge is 0.348 e. The molecule has 1 aromatic heterocycles. The van der Waals surface area contributed by atoms with Gasteiger partial charge in [-0.15, -0.1) is 11.3 Å². The Balaban J connectivity index is 1.75. The molecule has 0 saturated heterocycles. The standard InChI is InChI=1S/C20H19FN2O6S2/c1-23(31(26,27)18-10-13(21)4-6-15(18)28-2)11-19(24)22-14-5-7-16-12(8-14)9-17(30-16)20(25)29-3/h4-10H,11H2,1-3H3,(H,22,24). The fourth-order valence-electron chi connectivity index (χ4n) is 2.83. The van der Waals surface area contributed by atoms with Crippen LogP contribution in [0, 0.1) is 5.82 Å². The minimum Gasteiger partial charge on any atom is -0.495 e. The van der Waals surface area contributed by atoms with Crippen molar-refractivity contribution in [2.45, 2.75) is 4.90 Å². The Hall–Kier alpha value is -3.02. The summed E-state index contributed by atoms with van der Waals surface area (Å²) >= 11 is 1.26. The number of methoxy groups -OCH3 is 2. The van der Waals surface area contributed by atoms with Gasteiger partial charge in [0.25, 0.3) is 0 Å². The van der Waals surface area contributed by atoms with E-state index >= 15 is 0 Å². The lowest BCUT2D eigenvalue weighted by atomic mass is 10.2.